The number of aliphatic carboxylic acids is 1. The van der Waals surface area contributed by atoms with E-state index in [1.807, 2.05) is 55.5 Å². The third-order valence-corrected chi connectivity index (χ3v) is 9.07. The molecule has 1 fully saturated rings. The first-order chi connectivity index (χ1) is 19.4. The number of rotatable bonds is 10. The van der Waals surface area contributed by atoms with Crippen molar-refractivity contribution < 1.29 is 14.7 Å². The molecule has 1 amide bonds. The van der Waals surface area contributed by atoms with Crippen LogP contribution in [0.25, 0.3) is 0 Å². The normalized spacial score (nSPS) is 14.8. The molecule has 0 aliphatic carbocycles. The summed E-state index contributed by atoms with van der Waals surface area (Å²) in [5.74, 6) is -0.894. The SMILES string of the molecule is Cc1nc([C@H]2CCCN2c2ncc(C(=O)N(CC(=O)O)Cc3ccccc3)c(CCc3ccccc3)n2)sc1Br. The van der Waals surface area contributed by atoms with Gasteiger partial charge in [-0.1, -0.05) is 60.7 Å². The first kappa shape index (κ1) is 27.9. The van der Waals surface area contributed by atoms with Gasteiger partial charge in [-0.15, -0.1) is 11.3 Å². The molecule has 8 nitrogen and oxygen atoms in total. The van der Waals surface area contributed by atoms with E-state index in [1.165, 1.54) is 4.90 Å². The molecule has 40 heavy (non-hydrogen) atoms. The Labute approximate surface area is 245 Å². The van der Waals surface area contributed by atoms with Crippen molar-refractivity contribution in [3.63, 3.8) is 0 Å². The zero-order valence-electron chi connectivity index (χ0n) is 22.2. The highest BCUT2D eigenvalue weighted by Gasteiger charge is 2.32. The predicted octanol–water partition coefficient (Wildman–Crippen LogP) is 5.86. The molecule has 4 aromatic rings. The van der Waals surface area contributed by atoms with E-state index in [0.29, 0.717) is 30.0 Å². The molecular formula is C30H30BrN5O3S. The van der Waals surface area contributed by atoms with Crippen LogP contribution < -0.4 is 4.90 Å². The molecule has 3 heterocycles. The first-order valence-electron chi connectivity index (χ1n) is 13.2. The van der Waals surface area contributed by atoms with Crippen molar-refractivity contribution >= 4 is 45.1 Å². The largest absolute Gasteiger partial charge is 0.480 e. The van der Waals surface area contributed by atoms with Crippen molar-refractivity contribution in [3.8, 4) is 0 Å². The molecule has 0 spiro atoms. The first-order valence-corrected chi connectivity index (χ1v) is 14.8. The van der Waals surface area contributed by atoms with Crippen LogP contribution in [-0.4, -0.2) is 49.9 Å². The predicted molar refractivity (Wildman–Crippen MR) is 159 cm³/mol. The van der Waals surface area contributed by atoms with Gasteiger partial charge >= 0.3 is 5.97 Å². The maximum absolute atomic E-state index is 13.8. The zero-order valence-corrected chi connectivity index (χ0v) is 24.6. The summed E-state index contributed by atoms with van der Waals surface area (Å²) in [4.78, 5) is 43.4. The van der Waals surface area contributed by atoms with Gasteiger partial charge in [0.1, 0.15) is 11.6 Å². The monoisotopic (exact) mass is 619 g/mol. The van der Waals surface area contributed by atoms with Crippen molar-refractivity contribution in [2.75, 3.05) is 18.0 Å². The second kappa shape index (κ2) is 12.7. The van der Waals surface area contributed by atoms with Crippen LogP contribution in [-0.2, 0) is 24.2 Å². The van der Waals surface area contributed by atoms with Gasteiger partial charge in [0, 0.05) is 19.3 Å². The minimum atomic E-state index is -1.07. The van der Waals surface area contributed by atoms with Crippen LogP contribution in [0.15, 0.2) is 70.6 Å². The Bertz CT molecular complexity index is 1460. The second-order valence-electron chi connectivity index (χ2n) is 9.82. The Morgan fingerprint density at radius 3 is 2.40 bits per heavy atom. The Morgan fingerprint density at radius 2 is 1.75 bits per heavy atom. The van der Waals surface area contributed by atoms with Gasteiger partial charge in [0.05, 0.1) is 26.8 Å². The highest BCUT2D eigenvalue weighted by Crippen LogP contribution is 2.39. The number of hydrogen-bond donors (Lipinski definition) is 1. The molecular weight excluding hydrogens is 590 g/mol. The lowest BCUT2D eigenvalue weighted by Crippen LogP contribution is -2.36. The van der Waals surface area contributed by atoms with Crippen LogP contribution in [0.1, 0.15) is 56.8 Å². The number of nitrogens with zero attached hydrogens (tertiary/aromatic N) is 5. The molecule has 206 valence electrons. The van der Waals surface area contributed by atoms with Crippen molar-refractivity contribution in [1.82, 2.24) is 19.9 Å². The summed E-state index contributed by atoms with van der Waals surface area (Å²) in [6.45, 7) is 2.55. The second-order valence-corrected chi connectivity index (χ2v) is 12.2. The molecule has 1 aliphatic heterocycles. The average Bonchev–Trinajstić information content (AvgIpc) is 3.58. The minimum Gasteiger partial charge on any atom is -0.480 e. The number of aryl methyl sites for hydroxylation is 3. The summed E-state index contributed by atoms with van der Waals surface area (Å²) in [6, 6.07) is 19.5. The summed E-state index contributed by atoms with van der Waals surface area (Å²) in [6.07, 6.45) is 4.73. The number of halogens is 1. The van der Waals surface area contributed by atoms with Crippen LogP contribution in [0.5, 0.6) is 0 Å². The van der Waals surface area contributed by atoms with Crippen LogP contribution >= 0.6 is 27.3 Å². The van der Waals surface area contributed by atoms with E-state index in [1.54, 1.807) is 17.5 Å². The molecule has 5 rings (SSSR count). The number of carbonyl (C=O) groups is 2. The minimum absolute atomic E-state index is 0.0696. The number of amides is 1. The molecule has 1 N–H and O–H groups in total. The van der Waals surface area contributed by atoms with Gasteiger partial charge in [-0.25, -0.2) is 15.0 Å². The molecule has 0 radical (unpaired) electrons. The summed E-state index contributed by atoms with van der Waals surface area (Å²) in [5.41, 5.74) is 3.90. The molecule has 1 aliphatic rings. The van der Waals surface area contributed by atoms with E-state index in [9.17, 15) is 14.7 Å². The number of carbonyl (C=O) groups excluding carboxylic acids is 1. The van der Waals surface area contributed by atoms with Crippen LogP contribution in [0.4, 0.5) is 5.95 Å². The molecule has 10 heteroatoms. The van der Waals surface area contributed by atoms with E-state index in [-0.39, 0.29) is 12.6 Å². The number of hydrogen-bond acceptors (Lipinski definition) is 7. The van der Waals surface area contributed by atoms with Gasteiger partial charge in [0.15, 0.2) is 0 Å². The fraction of sp³-hybridized carbons (Fsp3) is 0.300. The molecule has 2 aromatic heterocycles. The van der Waals surface area contributed by atoms with E-state index < -0.39 is 18.4 Å². The van der Waals surface area contributed by atoms with Crippen molar-refractivity contribution in [1.29, 1.82) is 0 Å². The lowest BCUT2D eigenvalue weighted by atomic mass is 10.0. The average molecular weight is 621 g/mol. The lowest BCUT2D eigenvalue weighted by molar-refractivity contribution is -0.137. The summed E-state index contributed by atoms with van der Waals surface area (Å²) < 4.78 is 1.02. The Balaban J connectivity index is 1.48. The quantitative estimate of drug-likeness (QED) is 0.237. The van der Waals surface area contributed by atoms with Crippen molar-refractivity contribution in [2.24, 2.45) is 0 Å². The van der Waals surface area contributed by atoms with E-state index in [4.69, 9.17) is 9.97 Å². The zero-order chi connectivity index (χ0) is 28.1. The van der Waals surface area contributed by atoms with Gasteiger partial charge < -0.3 is 14.9 Å². The highest BCUT2D eigenvalue weighted by atomic mass is 79.9. The van der Waals surface area contributed by atoms with Crippen LogP contribution in [0.3, 0.4) is 0 Å². The number of thiazole rings is 1. The van der Waals surface area contributed by atoms with Crippen LogP contribution in [0, 0.1) is 6.92 Å². The van der Waals surface area contributed by atoms with E-state index in [0.717, 1.165) is 45.0 Å². The van der Waals surface area contributed by atoms with E-state index in [2.05, 4.69) is 37.9 Å². The van der Waals surface area contributed by atoms with Gasteiger partial charge in [-0.3, -0.25) is 9.59 Å². The lowest BCUT2D eigenvalue weighted by Gasteiger charge is -2.25. The fourth-order valence-electron chi connectivity index (χ4n) is 4.96. The number of aromatic nitrogens is 3. The molecule has 0 unspecified atom stereocenters. The number of carboxylic acids is 1. The number of anilines is 1. The standard InChI is InChI=1S/C30H30BrN5O3S/c1-20-27(31)40-28(33-20)25-13-8-16-36(25)30-32-17-23(24(34-30)15-14-21-9-4-2-5-10-21)29(39)35(19-26(37)38)18-22-11-6-3-7-12-22/h2-7,9-12,17,25H,8,13-16,18-19H2,1H3,(H,37,38)/t25-/m1/s1. The molecule has 2 aromatic carbocycles. The fourth-order valence-corrected chi connectivity index (χ4v) is 6.49. The Morgan fingerprint density at radius 1 is 1.05 bits per heavy atom. The molecule has 1 atom stereocenters. The topological polar surface area (TPSA) is 99.5 Å². The maximum Gasteiger partial charge on any atom is 0.323 e. The molecule has 0 saturated carbocycles. The highest BCUT2D eigenvalue weighted by molar-refractivity contribution is 9.11. The van der Waals surface area contributed by atoms with Crippen molar-refractivity contribution in [3.05, 3.63) is 104 Å². The van der Waals surface area contributed by atoms with Gasteiger partial charge in [0.25, 0.3) is 5.91 Å². The van der Waals surface area contributed by atoms with Gasteiger partial charge in [0.2, 0.25) is 5.95 Å². The van der Waals surface area contributed by atoms with Crippen LogP contribution in [0.2, 0.25) is 0 Å². The number of benzene rings is 2. The third kappa shape index (κ3) is 6.56. The molecule has 0 bridgehead atoms. The molecule has 1 saturated heterocycles. The smallest absolute Gasteiger partial charge is 0.323 e. The summed E-state index contributed by atoms with van der Waals surface area (Å²) >= 11 is 5.23. The van der Waals surface area contributed by atoms with Gasteiger partial charge in [-0.05, 0) is 59.7 Å². The summed E-state index contributed by atoms with van der Waals surface area (Å²) in [7, 11) is 0. The van der Waals surface area contributed by atoms with Crippen molar-refractivity contribution in [2.45, 2.75) is 45.2 Å². The Hall–Kier alpha value is -3.63. The van der Waals surface area contributed by atoms with E-state index >= 15 is 0 Å². The van der Waals surface area contributed by atoms with Gasteiger partial charge in [-0.2, -0.15) is 0 Å². The summed E-state index contributed by atoms with van der Waals surface area (Å²) in [5, 5.41) is 10.6. The Kier molecular flexibility index (Phi) is 8.86. The number of carboxylic acid groups (broad SMARTS) is 1. The maximum atomic E-state index is 13.8. The third-order valence-electron chi connectivity index (χ3n) is 6.96.